The largest absolute Gasteiger partial charge is 0.398 e. The molecule has 1 heteroatoms. The third-order valence-corrected chi connectivity index (χ3v) is 2.60. The lowest BCUT2D eigenvalue weighted by Gasteiger charge is -2.10. The third kappa shape index (κ3) is 2.51. The number of nitrogen functional groups attached to an aromatic ring is 1. The van der Waals surface area contributed by atoms with Gasteiger partial charge in [-0.3, -0.25) is 0 Å². The van der Waals surface area contributed by atoms with Gasteiger partial charge in [-0.05, 0) is 68.5 Å². The van der Waals surface area contributed by atoms with Gasteiger partial charge in [0.25, 0.3) is 0 Å². The van der Waals surface area contributed by atoms with Crippen molar-refractivity contribution in [3.05, 3.63) is 39.6 Å². The summed E-state index contributed by atoms with van der Waals surface area (Å²) >= 11 is 0. The van der Waals surface area contributed by atoms with Gasteiger partial charge >= 0.3 is 0 Å². The Hall–Kier alpha value is -1.46. The molecule has 80 valence electrons. The average molecular weight is 201 g/mol. The van der Waals surface area contributed by atoms with E-state index >= 15 is 0 Å². The molecule has 0 radical (unpaired) electrons. The molecule has 2 N–H and O–H groups in total. The summed E-state index contributed by atoms with van der Waals surface area (Å²) in [6.45, 7) is 10.3. The Balaban J connectivity index is 3.43. The SMILES string of the molecule is CC(C)=C=Cc1c(C)cc(C)c(N)c1C. The fourth-order valence-corrected chi connectivity index (χ4v) is 1.66. The molecule has 15 heavy (non-hydrogen) atoms. The molecule has 0 aromatic heterocycles. The molecule has 1 aromatic carbocycles. The molecule has 0 spiro atoms. The summed E-state index contributed by atoms with van der Waals surface area (Å²) in [5.41, 5.74) is 16.1. The first-order chi connectivity index (χ1) is 6.93. The van der Waals surface area contributed by atoms with Crippen molar-refractivity contribution in [1.29, 1.82) is 0 Å². The van der Waals surface area contributed by atoms with Gasteiger partial charge < -0.3 is 5.73 Å². The van der Waals surface area contributed by atoms with Gasteiger partial charge in [0, 0.05) is 5.69 Å². The van der Waals surface area contributed by atoms with Crippen molar-refractivity contribution < 1.29 is 0 Å². The number of anilines is 1. The molecule has 1 nitrogen and oxygen atoms in total. The van der Waals surface area contributed by atoms with E-state index in [1.165, 1.54) is 16.7 Å². The van der Waals surface area contributed by atoms with E-state index in [0.29, 0.717) is 0 Å². The molecule has 0 aliphatic rings. The quantitative estimate of drug-likeness (QED) is 0.543. The van der Waals surface area contributed by atoms with E-state index in [1.54, 1.807) is 0 Å². The van der Waals surface area contributed by atoms with E-state index in [4.69, 9.17) is 5.73 Å². The van der Waals surface area contributed by atoms with Crippen LogP contribution in [-0.2, 0) is 0 Å². The van der Waals surface area contributed by atoms with Crippen LogP contribution < -0.4 is 5.73 Å². The number of aryl methyl sites for hydroxylation is 2. The molecule has 1 rings (SSSR count). The Morgan fingerprint density at radius 1 is 1.20 bits per heavy atom. The molecule has 0 bridgehead atoms. The van der Waals surface area contributed by atoms with Crippen LogP contribution in [-0.4, -0.2) is 0 Å². The minimum absolute atomic E-state index is 0.891. The second-order valence-electron chi connectivity index (χ2n) is 4.25. The smallest absolute Gasteiger partial charge is 0.0379 e. The molecule has 1 aromatic rings. The van der Waals surface area contributed by atoms with E-state index < -0.39 is 0 Å². The maximum atomic E-state index is 6.00. The zero-order valence-corrected chi connectivity index (χ0v) is 10.2. The molecule has 0 heterocycles. The number of nitrogens with two attached hydrogens (primary N) is 1. The Morgan fingerprint density at radius 2 is 1.80 bits per heavy atom. The van der Waals surface area contributed by atoms with Gasteiger partial charge in [0.15, 0.2) is 0 Å². The molecule has 0 atom stereocenters. The molecule has 0 amide bonds. The molecular formula is C14H19N. The van der Waals surface area contributed by atoms with Crippen LogP contribution in [0.4, 0.5) is 5.69 Å². The minimum atomic E-state index is 0.891. The van der Waals surface area contributed by atoms with Gasteiger partial charge in [0.1, 0.15) is 0 Å². The van der Waals surface area contributed by atoms with Crippen molar-refractivity contribution in [2.24, 2.45) is 0 Å². The Bertz CT molecular complexity index is 443. The van der Waals surface area contributed by atoms with Crippen LogP contribution in [0.3, 0.4) is 0 Å². The predicted molar refractivity (Wildman–Crippen MR) is 67.9 cm³/mol. The fourth-order valence-electron chi connectivity index (χ4n) is 1.66. The van der Waals surface area contributed by atoms with Crippen LogP contribution in [0.15, 0.2) is 17.4 Å². The molecule has 0 saturated heterocycles. The predicted octanol–water partition coefficient (Wildman–Crippen LogP) is 3.77. The van der Waals surface area contributed by atoms with E-state index in [2.05, 4.69) is 25.6 Å². The third-order valence-electron chi connectivity index (χ3n) is 2.60. The van der Waals surface area contributed by atoms with E-state index in [-0.39, 0.29) is 0 Å². The number of hydrogen-bond acceptors (Lipinski definition) is 1. The molecule has 0 unspecified atom stereocenters. The topological polar surface area (TPSA) is 26.0 Å². The highest BCUT2D eigenvalue weighted by molar-refractivity contribution is 5.68. The minimum Gasteiger partial charge on any atom is -0.398 e. The Kier molecular flexibility index (Phi) is 3.39. The lowest BCUT2D eigenvalue weighted by atomic mass is 9.97. The van der Waals surface area contributed by atoms with Crippen molar-refractivity contribution in [3.63, 3.8) is 0 Å². The van der Waals surface area contributed by atoms with Crippen molar-refractivity contribution in [1.82, 2.24) is 0 Å². The first-order valence-electron chi connectivity index (χ1n) is 5.19. The molecule has 0 saturated carbocycles. The molecule has 0 fully saturated rings. The monoisotopic (exact) mass is 201 g/mol. The fraction of sp³-hybridized carbons (Fsp3) is 0.357. The standard InChI is InChI=1S/C14H19N/c1-9(2)6-7-13-10(3)8-11(4)14(15)12(13)5/h7-8H,15H2,1-5H3. The van der Waals surface area contributed by atoms with Crippen LogP contribution in [0.1, 0.15) is 36.1 Å². The summed E-state index contributed by atoms with van der Waals surface area (Å²) in [5, 5.41) is 0. The highest BCUT2D eigenvalue weighted by Gasteiger charge is 2.05. The van der Waals surface area contributed by atoms with Crippen LogP contribution in [0, 0.1) is 20.8 Å². The normalized spacial score (nSPS) is 9.67. The summed E-state index contributed by atoms with van der Waals surface area (Å²) in [5.74, 6) is 0. The summed E-state index contributed by atoms with van der Waals surface area (Å²) in [4.78, 5) is 0. The van der Waals surface area contributed by atoms with Crippen molar-refractivity contribution in [2.75, 3.05) is 5.73 Å². The lowest BCUT2D eigenvalue weighted by molar-refractivity contribution is 1.30. The maximum Gasteiger partial charge on any atom is 0.0379 e. The van der Waals surface area contributed by atoms with Gasteiger partial charge in [0.2, 0.25) is 0 Å². The van der Waals surface area contributed by atoms with Crippen LogP contribution in [0.2, 0.25) is 0 Å². The number of rotatable bonds is 1. The molecule has 0 aliphatic carbocycles. The first kappa shape index (κ1) is 11.6. The van der Waals surface area contributed by atoms with Crippen LogP contribution in [0.25, 0.3) is 6.08 Å². The number of hydrogen-bond donors (Lipinski definition) is 1. The van der Waals surface area contributed by atoms with Gasteiger partial charge in [-0.15, -0.1) is 5.73 Å². The number of benzene rings is 1. The maximum absolute atomic E-state index is 6.00. The summed E-state index contributed by atoms with van der Waals surface area (Å²) in [6.07, 6.45) is 2.02. The lowest BCUT2D eigenvalue weighted by Crippen LogP contribution is -1.98. The molecular weight excluding hydrogens is 182 g/mol. The van der Waals surface area contributed by atoms with Crippen LogP contribution in [0.5, 0.6) is 0 Å². The summed E-state index contributed by atoms with van der Waals surface area (Å²) in [6, 6.07) is 2.13. The van der Waals surface area contributed by atoms with Crippen molar-refractivity contribution in [3.8, 4) is 0 Å². The average Bonchev–Trinajstić information content (AvgIpc) is 2.14. The second kappa shape index (κ2) is 4.37. The Morgan fingerprint density at radius 3 is 2.33 bits per heavy atom. The van der Waals surface area contributed by atoms with Crippen molar-refractivity contribution in [2.45, 2.75) is 34.6 Å². The zero-order chi connectivity index (χ0) is 11.6. The number of allylic oxidation sites excluding steroid dienone is 1. The van der Waals surface area contributed by atoms with Crippen LogP contribution >= 0.6 is 0 Å². The first-order valence-corrected chi connectivity index (χ1v) is 5.19. The zero-order valence-electron chi connectivity index (χ0n) is 10.2. The van der Waals surface area contributed by atoms with Gasteiger partial charge in [-0.2, -0.15) is 0 Å². The van der Waals surface area contributed by atoms with Gasteiger partial charge in [-0.25, -0.2) is 0 Å². The summed E-state index contributed by atoms with van der Waals surface area (Å²) < 4.78 is 0. The van der Waals surface area contributed by atoms with E-state index in [9.17, 15) is 0 Å². The highest BCUT2D eigenvalue weighted by atomic mass is 14.6. The van der Waals surface area contributed by atoms with E-state index in [0.717, 1.165) is 16.8 Å². The van der Waals surface area contributed by atoms with E-state index in [1.807, 2.05) is 26.8 Å². The highest BCUT2D eigenvalue weighted by Crippen LogP contribution is 2.24. The summed E-state index contributed by atoms with van der Waals surface area (Å²) in [7, 11) is 0. The van der Waals surface area contributed by atoms with Crippen molar-refractivity contribution >= 4 is 11.8 Å². The van der Waals surface area contributed by atoms with Gasteiger partial charge in [-0.1, -0.05) is 6.07 Å². The molecule has 0 aliphatic heterocycles. The second-order valence-corrected chi connectivity index (χ2v) is 4.25. The Labute approximate surface area is 92.3 Å². The van der Waals surface area contributed by atoms with Gasteiger partial charge in [0.05, 0.1) is 0 Å².